The third-order valence-corrected chi connectivity index (χ3v) is 6.28. The van der Waals surface area contributed by atoms with E-state index in [9.17, 15) is 14.0 Å². The normalized spacial score (nSPS) is 16.9. The van der Waals surface area contributed by atoms with Crippen molar-refractivity contribution in [1.82, 2.24) is 4.90 Å². The Morgan fingerprint density at radius 2 is 1.82 bits per heavy atom. The largest absolute Gasteiger partial charge is 0.447 e. The van der Waals surface area contributed by atoms with Crippen molar-refractivity contribution in [1.29, 1.82) is 0 Å². The van der Waals surface area contributed by atoms with E-state index < -0.39 is 6.09 Å². The van der Waals surface area contributed by atoms with E-state index in [-0.39, 0.29) is 30.3 Å². The molecule has 1 heterocycles. The van der Waals surface area contributed by atoms with Gasteiger partial charge >= 0.3 is 6.09 Å². The number of hydrogen-bond donors (Lipinski definition) is 0. The molecule has 1 aliphatic rings. The summed E-state index contributed by atoms with van der Waals surface area (Å²) in [6.45, 7) is 7.96. The van der Waals surface area contributed by atoms with Crippen molar-refractivity contribution in [2.45, 2.75) is 65.8 Å². The van der Waals surface area contributed by atoms with Gasteiger partial charge in [0.2, 0.25) is 5.91 Å². The summed E-state index contributed by atoms with van der Waals surface area (Å²) in [5.74, 6) is -0.297. The molecule has 0 saturated carbocycles. The molecule has 2 atom stereocenters. The number of carbonyl (C=O) groups is 2. The fourth-order valence-corrected chi connectivity index (χ4v) is 4.56. The Morgan fingerprint density at radius 3 is 2.47 bits per heavy atom. The highest BCUT2D eigenvalue weighted by molar-refractivity contribution is 5.95. The molecule has 1 saturated heterocycles. The number of hydrogen-bond acceptors (Lipinski definition) is 3. The first-order valence-corrected chi connectivity index (χ1v) is 12.2. The summed E-state index contributed by atoms with van der Waals surface area (Å²) in [5, 5.41) is 0. The Bertz CT molecular complexity index is 992. The molecule has 3 rings (SSSR count). The Labute approximate surface area is 202 Å². The number of rotatable bonds is 10. The predicted octanol–water partition coefficient (Wildman–Crippen LogP) is 6.57. The molecule has 1 fully saturated rings. The van der Waals surface area contributed by atoms with E-state index >= 15 is 0 Å². The molecule has 34 heavy (non-hydrogen) atoms. The first-order chi connectivity index (χ1) is 16.3. The van der Waals surface area contributed by atoms with Gasteiger partial charge in [0.1, 0.15) is 12.4 Å². The summed E-state index contributed by atoms with van der Waals surface area (Å²) < 4.78 is 19.5. The number of nitrogens with zero attached hydrogens (tertiary/aromatic N) is 1. The molecule has 2 amide bonds. The lowest BCUT2D eigenvalue weighted by atomic mass is 9.90. The van der Waals surface area contributed by atoms with Gasteiger partial charge in [-0.05, 0) is 74.1 Å². The maximum absolute atomic E-state index is 14.2. The molecule has 2 aromatic rings. The number of aryl methyl sites for hydroxylation is 2. The Balaban J connectivity index is 1.79. The fraction of sp³-hybridized carbons (Fsp3) is 0.448. The van der Waals surface area contributed by atoms with Crippen LogP contribution in [0.5, 0.6) is 0 Å². The third-order valence-electron chi connectivity index (χ3n) is 6.28. The van der Waals surface area contributed by atoms with Gasteiger partial charge in [0.25, 0.3) is 0 Å². The lowest BCUT2D eigenvalue weighted by Crippen LogP contribution is -2.44. The second-order valence-corrected chi connectivity index (χ2v) is 9.68. The zero-order valence-electron chi connectivity index (χ0n) is 20.7. The molecule has 0 aromatic heterocycles. The first kappa shape index (κ1) is 25.7. The van der Waals surface area contributed by atoms with E-state index in [1.54, 1.807) is 13.8 Å². The predicted molar refractivity (Wildman–Crippen MR) is 133 cm³/mol. The Kier molecular flexibility index (Phi) is 9.03. The molecule has 0 bridgehead atoms. The number of amides is 2. The summed E-state index contributed by atoms with van der Waals surface area (Å²) in [5.41, 5.74) is 3.12. The average molecular weight is 466 g/mol. The number of benzene rings is 2. The van der Waals surface area contributed by atoms with Gasteiger partial charge in [0.05, 0.1) is 6.04 Å². The maximum Gasteiger partial charge on any atom is 0.416 e. The van der Waals surface area contributed by atoms with Crippen molar-refractivity contribution >= 4 is 12.0 Å². The van der Waals surface area contributed by atoms with Crippen molar-refractivity contribution in [2.75, 3.05) is 6.61 Å². The maximum atomic E-state index is 14.2. The molecular formula is C29H36FNO3. The summed E-state index contributed by atoms with van der Waals surface area (Å²) in [7, 11) is 0. The first-order valence-electron chi connectivity index (χ1n) is 12.2. The Morgan fingerprint density at radius 1 is 1.15 bits per heavy atom. The number of halogens is 1. The average Bonchev–Trinajstić information content (AvgIpc) is 3.16. The highest BCUT2D eigenvalue weighted by Crippen LogP contribution is 2.26. The molecular weight excluding hydrogens is 429 g/mol. The van der Waals surface area contributed by atoms with Gasteiger partial charge in [-0.25, -0.2) is 14.1 Å². The van der Waals surface area contributed by atoms with E-state index in [2.05, 4.69) is 26.0 Å². The monoisotopic (exact) mass is 465 g/mol. The third kappa shape index (κ3) is 6.78. The zero-order valence-corrected chi connectivity index (χ0v) is 20.7. The topological polar surface area (TPSA) is 46.6 Å². The van der Waals surface area contributed by atoms with Gasteiger partial charge in [0, 0.05) is 5.92 Å². The molecule has 0 unspecified atom stereocenters. The summed E-state index contributed by atoms with van der Waals surface area (Å²) in [4.78, 5) is 27.6. The number of allylic oxidation sites excluding steroid dienone is 2. The quantitative estimate of drug-likeness (QED) is 0.294. The molecule has 0 spiro atoms. The number of unbranched alkanes of at least 4 members (excludes halogenated alkanes) is 1. The standard InChI is InChI=1S/C29H36FNO3/c1-20(2)11-7-5-10-14-25(17-24-15-21(3)27(30)22(4)16-24)28(32)31-26(19-34-29(31)33)18-23-12-8-6-9-13-23/h6-9,11-13,15-16,20,25-26H,5,10,14,17-19H2,1-4H3/t25-,26+/m0/s1. The van der Waals surface area contributed by atoms with Crippen LogP contribution >= 0.6 is 0 Å². The van der Waals surface area contributed by atoms with Gasteiger partial charge < -0.3 is 4.74 Å². The van der Waals surface area contributed by atoms with Crippen LogP contribution in [0.2, 0.25) is 0 Å². The van der Waals surface area contributed by atoms with Gasteiger partial charge in [0.15, 0.2) is 0 Å². The molecule has 1 aliphatic heterocycles. The van der Waals surface area contributed by atoms with E-state index in [0.717, 1.165) is 24.0 Å². The summed E-state index contributed by atoms with van der Waals surface area (Å²) >= 11 is 0. The van der Waals surface area contributed by atoms with Crippen LogP contribution in [0, 0.1) is 31.5 Å². The van der Waals surface area contributed by atoms with E-state index in [0.29, 0.717) is 36.3 Å². The summed E-state index contributed by atoms with van der Waals surface area (Å²) in [6, 6.07) is 13.1. The highest BCUT2D eigenvalue weighted by atomic mass is 19.1. The zero-order chi connectivity index (χ0) is 24.7. The SMILES string of the molecule is Cc1cc(C[C@H](CCCC=CC(C)C)C(=O)N2C(=O)OC[C@H]2Cc2ccccc2)cc(C)c1F. The van der Waals surface area contributed by atoms with Crippen molar-refractivity contribution in [2.24, 2.45) is 11.8 Å². The van der Waals surface area contributed by atoms with Gasteiger partial charge in [-0.1, -0.05) is 68.5 Å². The molecule has 0 N–H and O–H groups in total. The van der Waals surface area contributed by atoms with Crippen LogP contribution in [0.3, 0.4) is 0 Å². The van der Waals surface area contributed by atoms with Crippen molar-refractivity contribution in [3.05, 3.63) is 82.7 Å². The minimum atomic E-state index is -0.567. The molecule has 182 valence electrons. The minimum Gasteiger partial charge on any atom is -0.447 e. The van der Waals surface area contributed by atoms with E-state index in [4.69, 9.17) is 4.74 Å². The Hall–Kier alpha value is -2.95. The van der Waals surface area contributed by atoms with E-state index in [1.807, 2.05) is 42.5 Å². The highest BCUT2D eigenvalue weighted by Gasteiger charge is 2.40. The van der Waals surface area contributed by atoms with Crippen molar-refractivity contribution in [3.8, 4) is 0 Å². The number of carbonyl (C=O) groups excluding carboxylic acids is 2. The van der Waals surface area contributed by atoms with Gasteiger partial charge in [-0.3, -0.25) is 4.79 Å². The molecule has 0 radical (unpaired) electrons. The van der Waals surface area contributed by atoms with E-state index in [1.165, 1.54) is 4.90 Å². The van der Waals surface area contributed by atoms with Crippen LogP contribution < -0.4 is 0 Å². The second-order valence-electron chi connectivity index (χ2n) is 9.68. The fourth-order valence-electron chi connectivity index (χ4n) is 4.56. The van der Waals surface area contributed by atoms with Gasteiger partial charge in [-0.2, -0.15) is 0 Å². The number of cyclic esters (lactones) is 1. The van der Waals surface area contributed by atoms with Crippen LogP contribution in [0.15, 0.2) is 54.6 Å². The van der Waals surface area contributed by atoms with Crippen LogP contribution in [0.1, 0.15) is 55.4 Å². The van der Waals surface area contributed by atoms with Crippen molar-refractivity contribution in [3.63, 3.8) is 0 Å². The smallest absolute Gasteiger partial charge is 0.416 e. The number of imide groups is 1. The second kappa shape index (κ2) is 12.0. The minimum absolute atomic E-state index is 0.198. The number of ether oxygens (including phenoxy) is 1. The molecule has 2 aromatic carbocycles. The lowest BCUT2D eigenvalue weighted by molar-refractivity contribution is -0.133. The molecule has 5 heteroatoms. The molecule has 4 nitrogen and oxygen atoms in total. The molecule has 0 aliphatic carbocycles. The van der Waals surface area contributed by atoms with Crippen LogP contribution in [0.4, 0.5) is 9.18 Å². The summed E-state index contributed by atoms with van der Waals surface area (Å²) in [6.07, 6.45) is 7.15. The van der Waals surface area contributed by atoms with Gasteiger partial charge in [-0.15, -0.1) is 0 Å². The lowest BCUT2D eigenvalue weighted by Gasteiger charge is -2.25. The van der Waals surface area contributed by atoms with Crippen LogP contribution in [-0.2, 0) is 22.4 Å². The van der Waals surface area contributed by atoms with Crippen molar-refractivity contribution < 1.29 is 18.7 Å². The van der Waals surface area contributed by atoms with Crippen LogP contribution in [0.25, 0.3) is 0 Å². The van der Waals surface area contributed by atoms with Crippen LogP contribution in [-0.4, -0.2) is 29.5 Å².